The Hall–Kier alpha value is -0.570. The Balaban J connectivity index is 3.64. The van der Waals surface area contributed by atoms with Crippen molar-refractivity contribution in [2.45, 2.75) is 52.1 Å². The largest absolute Gasteiger partial charge is 0.481 e. The maximum Gasteiger partial charge on any atom is 0.309 e. The van der Waals surface area contributed by atoms with Crippen molar-refractivity contribution in [3.05, 3.63) is 0 Å². The molecule has 13 heavy (non-hydrogen) atoms. The molecule has 0 rings (SSSR count). The van der Waals surface area contributed by atoms with Crippen molar-refractivity contribution in [1.82, 2.24) is 0 Å². The van der Waals surface area contributed by atoms with Crippen LogP contribution in [0.2, 0.25) is 0 Å². The predicted octanol–water partition coefficient (Wildman–Crippen LogP) is 2.04. The summed E-state index contributed by atoms with van der Waals surface area (Å²) >= 11 is 0. The van der Waals surface area contributed by atoms with E-state index in [-0.39, 0.29) is 0 Å². The van der Waals surface area contributed by atoms with Crippen LogP contribution in [0.4, 0.5) is 0 Å². The number of rotatable bonds is 7. The lowest BCUT2D eigenvalue weighted by Gasteiger charge is -2.14. The first-order valence-corrected chi connectivity index (χ1v) is 5.00. The Bertz CT molecular complexity index is 143. The van der Waals surface area contributed by atoms with Crippen LogP contribution in [0.25, 0.3) is 0 Å². The molecule has 0 amide bonds. The maximum atomic E-state index is 10.6. The Morgan fingerprint density at radius 1 is 1.31 bits per heavy atom. The molecule has 2 N–H and O–H groups in total. The standard InChI is InChI=1S/C10H20O3/c1-3-4-5-6-7-9(8(2)11)10(12)13/h8-9,11H,3-7H2,1-2H3,(H,12,13). The minimum Gasteiger partial charge on any atom is -0.481 e. The van der Waals surface area contributed by atoms with Crippen molar-refractivity contribution in [3.8, 4) is 0 Å². The predicted molar refractivity (Wildman–Crippen MR) is 51.6 cm³/mol. The highest BCUT2D eigenvalue weighted by Crippen LogP contribution is 2.14. The molecule has 0 saturated carbocycles. The molecule has 0 radical (unpaired) electrons. The molecule has 2 unspecified atom stereocenters. The number of carboxylic acids is 1. The molecule has 0 fully saturated rings. The van der Waals surface area contributed by atoms with Gasteiger partial charge in [-0.05, 0) is 13.3 Å². The topological polar surface area (TPSA) is 57.5 Å². The summed E-state index contributed by atoms with van der Waals surface area (Å²) in [6, 6.07) is 0. The number of carboxylic acid groups (broad SMARTS) is 1. The first-order chi connectivity index (χ1) is 6.09. The number of aliphatic hydroxyl groups is 1. The molecule has 0 saturated heterocycles. The van der Waals surface area contributed by atoms with E-state index in [1.807, 2.05) is 0 Å². The third kappa shape index (κ3) is 5.64. The van der Waals surface area contributed by atoms with Gasteiger partial charge in [0.05, 0.1) is 12.0 Å². The van der Waals surface area contributed by atoms with Crippen molar-refractivity contribution in [2.75, 3.05) is 0 Å². The van der Waals surface area contributed by atoms with E-state index in [0.717, 1.165) is 25.7 Å². The molecule has 0 aliphatic heterocycles. The van der Waals surface area contributed by atoms with Crippen molar-refractivity contribution in [2.24, 2.45) is 5.92 Å². The van der Waals surface area contributed by atoms with Gasteiger partial charge in [-0.15, -0.1) is 0 Å². The van der Waals surface area contributed by atoms with Crippen LogP contribution in [0.5, 0.6) is 0 Å². The van der Waals surface area contributed by atoms with Gasteiger partial charge in [-0.1, -0.05) is 32.6 Å². The second kappa shape index (κ2) is 6.89. The van der Waals surface area contributed by atoms with E-state index in [2.05, 4.69) is 6.92 Å². The molecular weight excluding hydrogens is 168 g/mol. The Labute approximate surface area is 79.8 Å². The minimum absolute atomic E-state index is 0.586. The van der Waals surface area contributed by atoms with Crippen LogP contribution in [-0.2, 0) is 4.79 Å². The van der Waals surface area contributed by atoms with Crippen LogP contribution < -0.4 is 0 Å². The number of hydrogen-bond acceptors (Lipinski definition) is 2. The number of unbranched alkanes of at least 4 members (excludes halogenated alkanes) is 3. The van der Waals surface area contributed by atoms with Crippen LogP contribution >= 0.6 is 0 Å². The van der Waals surface area contributed by atoms with E-state index < -0.39 is 18.0 Å². The zero-order valence-electron chi connectivity index (χ0n) is 8.49. The Morgan fingerprint density at radius 3 is 2.31 bits per heavy atom. The summed E-state index contributed by atoms with van der Waals surface area (Å²) in [6.45, 7) is 3.65. The fraction of sp³-hybridized carbons (Fsp3) is 0.900. The average Bonchev–Trinajstić information content (AvgIpc) is 2.02. The Morgan fingerprint density at radius 2 is 1.92 bits per heavy atom. The lowest BCUT2D eigenvalue weighted by molar-refractivity contribution is -0.145. The van der Waals surface area contributed by atoms with Gasteiger partial charge in [0.2, 0.25) is 0 Å². The summed E-state index contributed by atoms with van der Waals surface area (Å²) in [4.78, 5) is 10.6. The second-order valence-corrected chi connectivity index (χ2v) is 3.53. The maximum absolute atomic E-state index is 10.6. The summed E-state index contributed by atoms with van der Waals surface area (Å²) in [5.74, 6) is -1.47. The molecular formula is C10H20O3. The molecule has 2 atom stereocenters. The van der Waals surface area contributed by atoms with Gasteiger partial charge in [0, 0.05) is 0 Å². The highest BCUT2D eigenvalue weighted by Gasteiger charge is 2.21. The van der Waals surface area contributed by atoms with E-state index in [4.69, 9.17) is 10.2 Å². The van der Waals surface area contributed by atoms with Crippen LogP contribution in [0.15, 0.2) is 0 Å². The summed E-state index contributed by atoms with van der Waals surface area (Å²) < 4.78 is 0. The molecule has 0 aliphatic rings. The number of aliphatic carboxylic acids is 1. The van der Waals surface area contributed by atoms with Gasteiger partial charge in [-0.25, -0.2) is 0 Å². The quantitative estimate of drug-likeness (QED) is 0.601. The lowest BCUT2D eigenvalue weighted by atomic mass is 9.96. The fourth-order valence-corrected chi connectivity index (χ4v) is 1.36. The number of aliphatic hydroxyl groups excluding tert-OH is 1. The van der Waals surface area contributed by atoms with Crippen LogP contribution in [0, 0.1) is 5.92 Å². The molecule has 0 aromatic carbocycles. The molecule has 0 aliphatic carbocycles. The minimum atomic E-state index is -0.883. The highest BCUT2D eigenvalue weighted by molar-refractivity contribution is 5.70. The van der Waals surface area contributed by atoms with Crippen LogP contribution in [0.1, 0.15) is 46.0 Å². The van der Waals surface area contributed by atoms with E-state index >= 15 is 0 Å². The molecule has 0 spiro atoms. The summed E-state index contributed by atoms with van der Waals surface area (Å²) in [7, 11) is 0. The number of carbonyl (C=O) groups is 1. The molecule has 0 aromatic heterocycles. The normalized spacial score (nSPS) is 15.3. The zero-order valence-corrected chi connectivity index (χ0v) is 8.49. The van der Waals surface area contributed by atoms with Gasteiger partial charge in [0.1, 0.15) is 0 Å². The van der Waals surface area contributed by atoms with Gasteiger partial charge in [0.15, 0.2) is 0 Å². The molecule has 3 heteroatoms. The van der Waals surface area contributed by atoms with E-state index in [1.54, 1.807) is 6.92 Å². The summed E-state index contributed by atoms with van der Waals surface area (Å²) in [6.07, 6.45) is 4.10. The molecule has 0 bridgehead atoms. The van der Waals surface area contributed by atoms with Crippen molar-refractivity contribution >= 4 is 5.97 Å². The molecule has 3 nitrogen and oxygen atoms in total. The molecule has 78 valence electrons. The number of hydrogen-bond donors (Lipinski definition) is 2. The second-order valence-electron chi connectivity index (χ2n) is 3.53. The van der Waals surface area contributed by atoms with Gasteiger partial charge in [-0.2, -0.15) is 0 Å². The van der Waals surface area contributed by atoms with Crippen LogP contribution in [-0.4, -0.2) is 22.3 Å². The smallest absolute Gasteiger partial charge is 0.309 e. The summed E-state index contributed by atoms with van der Waals surface area (Å²) in [5, 5.41) is 17.9. The average molecular weight is 188 g/mol. The lowest BCUT2D eigenvalue weighted by Crippen LogP contribution is -2.25. The van der Waals surface area contributed by atoms with Crippen LogP contribution in [0.3, 0.4) is 0 Å². The van der Waals surface area contributed by atoms with E-state index in [1.165, 1.54) is 0 Å². The van der Waals surface area contributed by atoms with Gasteiger partial charge in [0.25, 0.3) is 0 Å². The van der Waals surface area contributed by atoms with Crippen molar-refractivity contribution < 1.29 is 15.0 Å². The third-order valence-electron chi connectivity index (χ3n) is 2.27. The van der Waals surface area contributed by atoms with Crippen molar-refractivity contribution in [1.29, 1.82) is 0 Å². The monoisotopic (exact) mass is 188 g/mol. The van der Waals surface area contributed by atoms with E-state index in [9.17, 15) is 4.79 Å². The van der Waals surface area contributed by atoms with E-state index in [0.29, 0.717) is 6.42 Å². The highest BCUT2D eigenvalue weighted by atomic mass is 16.4. The van der Waals surface area contributed by atoms with Gasteiger partial charge in [-0.3, -0.25) is 4.79 Å². The molecule has 0 aromatic rings. The SMILES string of the molecule is CCCCCCC(C(=O)O)C(C)O. The first-order valence-electron chi connectivity index (χ1n) is 5.00. The third-order valence-corrected chi connectivity index (χ3v) is 2.27. The van der Waals surface area contributed by atoms with Gasteiger partial charge < -0.3 is 10.2 Å². The first kappa shape index (κ1) is 12.4. The fourth-order valence-electron chi connectivity index (χ4n) is 1.36. The zero-order chi connectivity index (χ0) is 10.3. The van der Waals surface area contributed by atoms with Gasteiger partial charge >= 0.3 is 5.97 Å². The molecule has 0 heterocycles. The summed E-state index contributed by atoms with van der Waals surface area (Å²) in [5.41, 5.74) is 0. The van der Waals surface area contributed by atoms with Crippen molar-refractivity contribution in [3.63, 3.8) is 0 Å². The Kier molecular flexibility index (Phi) is 6.59.